The van der Waals surface area contributed by atoms with Crippen LogP contribution in [-0.2, 0) is 26.0 Å². The first-order valence-electron chi connectivity index (χ1n) is 8.49. The predicted octanol–water partition coefficient (Wildman–Crippen LogP) is 2.43. The van der Waals surface area contributed by atoms with Gasteiger partial charge < -0.3 is 15.1 Å². The second-order valence-electron chi connectivity index (χ2n) is 6.00. The molecule has 0 aliphatic carbocycles. The number of furan rings is 1. The molecule has 2 N–H and O–H groups in total. The normalized spacial score (nSPS) is 12.3. The molecule has 0 unspecified atom stereocenters. The average molecular weight is 436 g/mol. The highest BCUT2D eigenvalue weighted by atomic mass is 32.2. The van der Waals surface area contributed by atoms with Gasteiger partial charge in [-0.15, -0.1) is 11.3 Å². The van der Waals surface area contributed by atoms with E-state index in [0.717, 1.165) is 11.3 Å². The van der Waals surface area contributed by atoms with Crippen molar-refractivity contribution in [2.75, 3.05) is 6.54 Å². The lowest BCUT2D eigenvalue weighted by molar-refractivity contribution is -0.139. The SMILES string of the molecule is O=C(NCc1ccc(F)cc1)C(=O)NC[C@@H](c1ccco1)S(=O)(=O)c1cccs1. The number of halogens is 1. The highest BCUT2D eigenvalue weighted by Gasteiger charge is 2.33. The summed E-state index contributed by atoms with van der Waals surface area (Å²) in [5, 5.41) is 5.19. The molecular formula is C19H17FN2O5S2. The first-order chi connectivity index (χ1) is 13.9. The molecule has 7 nitrogen and oxygen atoms in total. The summed E-state index contributed by atoms with van der Waals surface area (Å²) in [5.74, 6) is -2.16. The van der Waals surface area contributed by atoms with E-state index in [9.17, 15) is 22.4 Å². The van der Waals surface area contributed by atoms with Crippen LogP contribution in [-0.4, -0.2) is 26.8 Å². The fraction of sp³-hybridized carbons (Fsp3) is 0.158. The average Bonchev–Trinajstić information content (AvgIpc) is 3.41. The van der Waals surface area contributed by atoms with Crippen LogP contribution in [0, 0.1) is 5.82 Å². The molecule has 0 spiro atoms. The second-order valence-corrected chi connectivity index (χ2v) is 9.31. The van der Waals surface area contributed by atoms with E-state index in [4.69, 9.17) is 4.42 Å². The number of nitrogens with one attached hydrogen (secondary N) is 2. The van der Waals surface area contributed by atoms with Gasteiger partial charge in [0.15, 0.2) is 9.84 Å². The van der Waals surface area contributed by atoms with Crippen LogP contribution in [0.5, 0.6) is 0 Å². The van der Waals surface area contributed by atoms with E-state index in [0.29, 0.717) is 5.56 Å². The van der Waals surface area contributed by atoms with E-state index < -0.39 is 32.7 Å². The highest BCUT2D eigenvalue weighted by Crippen LogP contribution is 2.31. The van der Waals surface area contributed by atoms with Crippen molar-refractivity contribution in [1.29, 1.82) is 0 Å². The molecule has 1 aromatic carbocycles. The fourth-order valence-electron chi connectivity index (χ4n) is 2.53. The number of hydrogen-bond donors (Lipinski definition) is 2. The number of rotatable bonds is 7. The van der Waals surface area contributed by atoms with Gasteiger partial charge in [-0.05, 0) is 41.3 Å². The van der Waals surface area contributed by atoms with Gasteiger partial charge in [-0.25, -0.2) is 12.8 Å². The molecule has 0 fully saturated rings. The van der Waals surface area contributed by atoms with Crippen LogP contribution in [0.25, 0.3) is 0 Å². The Hall–Kier alpha value is -2.98. The molecule has 2 amide bonds. The van der Waals surface area contributed by atoms with E-state index in [-0.39, 0.29) is 23.1 Å². The summed E-state index contributed by atoms with van der Waals surface area (Å²) >= 11 is 1.05. The lowest BCUT2D eigenvalue weighted by Crippen LogP contribution is -2.42. The molecule has 0 saturated heterocycles. The van der Waals surface area contributed by atoms with Gasteiger partial charge >= 0.3 is 11.8 Å². The zero-order valence-electron chi connectivity index (χ0n) is 15.0. The number of carbonyl (C=O) groups is 2. The van der Waals surface area contributed by atoms with Crippen LogP contribution in [0.1, 0.15) is 16.6 Å². The minimum Gasteiger partial charge on any atom is -0.468 e. The standard InChI is InChI=1S/C19H17FN2O5S2/c20-14-7-5-13(6-8-14)11-21-18(23)19(24)22-12-16(15-3-1-9-27-15)29(25,26)17-4-2-10-28-17/h1-10,16H,11-12H2,(H,21,23)(H,22,24)/t16-/m0/s1. The number of amides is 2. The second kappa shape index (κ2) is 9.01. The summed E-state index contributed by atoms with van der Waals surface area (Å²) < 4.78 is 44.0. The van der Waals surface area contributed by atoms with E-state index >= 15 is 0 Å². The molecule has 0 radical (unpaired) electrons. The Morgan fingerprint density at radius 1 is 1.03 bits per heavy atom. The van der Waals surface area contributed by atoms with Crippen molar-refractivity contribution in [2.24, 2.45) is 0 Å². The van der Waals surface area contributed by atoms with Crippen LogP contribution >= 0.6 is 11.3 Å². The van der Waals surface area contributed by atoms with Crippen LogP contribution in [0.2, 0.25) is 0 Å². The number of sulfone groups is 1. The first kappa shape index (κ1) is 20.7. The van der Waals surface area contributed by atoms with E-state index in [1.807, 2.05) is 0 Å². The van der Waals surface area contributed by atoms with Gasteiger partial charge in [-0.3, -0.25) is 9.59 Å². The van der Waals surface area contributed by atoms with E-state index in [2.05, 4.69) is 10.6 Å². The van der Waals surface area contributed by atoms with Gasteiger partial charge in [0, 0.05) is 13.1 Å². The molecule has 152 valence electrons. The third-order valence-electron chi connectivity index (χ3n) is 4.03. The summed E-state index contributed by atoms with van der Waals surface area (Å²) in [4.78, 5) is 24.1. The van der Waals surface area contributed by atoms with Crippen molar-refractivity contribution in [1.82, 2.24) is 10.6 Å². The van der Waals surface area contributed by atoms with Crippen LogP contribution in [0.4, 0.5) is 4.39 Å². The molecule has 0 aliphatic rings. The molecule has 2 heterocycles. The zero-order chi connectivity index (χ0) is 20.9. The summed E-state index contributed by atoms with van der Waals surface area (Å²) in [7, 11) is -3.82. The maximum Gasteiger partial charge on any atom is 0.309 e. The third-order valence-corrected chi connectivity index (χ3v) is 7.52. The largest absolute Gasteiger partial charge is 0.468 e. The Labute approximate surface area is 170 Å². The van der Waals surface area contributed by atoms with Crippen LogP contribution in [0.15, 0.2) is 68.8 Å². The van der Waals surface area contributed by atoms with Gasteiger partial charge in [-0.2, -0.15) is 0 Å². The van der Waals surface area contributed by atoms with Crippen molar-refractivity contribution >= 4 is 33.0 Å². The number of hydrogen-bond acceptors (Lipinski definition) is 6. The molecule has 0 bridgehead atoms. The predicted molar refractivity (Wildman–Crippen MR) is 104 cm³/mol. The molecule has 2 aromatic heterocycles. The number of thiophene rings is 1. The third kappa shape index (κ3) is 5.09. The molecule has 0 aliphatic heterocycles. The molecular weight excluding hydrogens is 419 g/mol. The van der Waals surface area contributed by atoms with Crippen LogP contribution < -0.4 is 10.6 Å². The quantitative estimate of drug-likeness (QED) is 0.554. The summed E-state index contributed by atoms with van der Waals surface area (Å²) in [5.41, 5.74) is 0.612. The Kier molecular flexibility index (Phi) is 6.45. The molecule has 29 heavy (non-hydrogen) atoms. The van der Waals surface area contributed by atoms with E-state index in [1.54, 1.807) is 17.5 Å². The minimum atomic E-state index is -3.82. The van der Waals surface area contributed by atoms with Crippen molar-refractivity contribution < 1.29 is 26.8 Å². The smallest absolute Gasteiger partial charge is 0.309 e. The number of carbonyl (C=O) groups excluding carboxylic acids is 2. The summed E-state index contributed by atoms with van der Waals surface area (Å²) in [6.45, 7) is -0.307. The number of benzene rings is 1. The topological polar surface area (TPSA) is 105 Å². The summed E-state index contributed by atoms with van der Waals surface area (Å²) in [6.07, 6.45) is 1.34. The molecule has 1 atom stereocenters. The van der Waals surface area contributed by atoms with Gasteiger partial charge in [0.05, 0.1) is 6.26 Å². The Morgan fingerprint density at radius 3 is 2.38 bits per heavy atom. The maximum atomic E-state index is 12.9. The Balaban J connectivity index is 1.64. The van der Waals surface area contributed by atoms with Gasteiger partial charge in [0.1, 0.15) is 21.0 Å². The van der Waals surface area contributed by atoms with Crippen molar-refractivity contribution in [2.45, 2.75) is 16.0 Å². The van der Waals surface area contributed by atoms with Crippen molar-refractivity contribution in [3.8, 4) is 0 Å². The highest BCUT2D eigenvalue weighted by molar-refractivity contribution is 7.93. The lowest BCUT2D eigenvalue weighted by Gasteiger charge is -2.15. The molecule has 0 saturated carbocycles. The maximum absolute atomic E-state index is 12.9. The summed E-state index contributed by atoms with van der Waals surface area (Å²) in [6, 6.07) is 11.6. The van der Waals surface area contributed by atoms with Crippen molar-refractivity contribution in [3.05, 3.63) is 77.3 Å². The zero-order valence-corrected chi connectivity index (χ0v) is 16.6. The van der Waals surface area contributed by atoms with Gasteiger partial charge in [0.2, 0.25) is 0 Å². The Morgan fingerprint density at radius 2 is 1.76 bits per heavy atom. The molecule has 3 rings (SSSR count). The van der Waals surface area contributed by atoms with Crippen molar-refractivity contribution in [3.63, 3.8) is 0 Å². The first-order valence-corrected chi connectivity index (χ1v) is 10.9. The molecule has 10 heteroatoms. The Bertz CT molecular complexity index is 1060. The van der Waals surface area contributed by atoms with Crippen LogP contribution in [0.3, 0.4) is 0 Å². The fourth-order valence-corrected chi connectivity index (χ4v) is 5.33. The van der Waals surface area contributed by atoms with Gasteiger partial charge in [0.25, 0.3) is 0 Å². The monoisotopic (exact) mass is 436 g/mol. The van der Waals surface area contributed by atoms with Gasteiger partial charge in [-0.1, -0.05) is 18.2 Å². The molecule has 3 aromatic rings. The van der Waals surface area contributed by atoms with E-state index in [1.165, 1.54) is 42.7 Å². The lowest BCUT2D eigenvalue weighted by atomic mass is 10.2. The minimum absolute atomic E-state index is 0.0294.